The second kappa shape index (κ2) is 7.35. The number of hydrogen-bond donors (Lipinski definition) is 4. The van der Waals surface area contributed by atoms with Crippen LogP contribution in [-0.4, -0.2) is 63.6 Å². The Kier molecular flexibility index (Phi) is 4.78. The molecule has 0 bridgehead atoms. The molecule has 7 heteroatoms. The first-order valence-corrected chi connectivity index (χ1v) is 10.4. The molecule has 7 nitrogen and oxygen atoms in total. The summed E-state index contributed by atoms with van der Waals surface area (Å²) in [6, 6.07) is 14.8. The van der Waals surface area contributed by atoms with Crippen molar-refractivity contribution in [3.8, 4) is 5.75 Å². The number of nitrogens with one attached hydrogen (secondary N) is 1. The molecular weight excluding hydrogens is 384 g/mol. The van der Waals surface area contributed by atoms with Crippen molar-refractivity contribution >= 4 is 11.6 Å². The number of benzene rings is 2. The molecule has 30 heavy (non-hydrogen) atoms. The van der Waals surface area contributed by atoms with Crippen molar-refractivity contribution in [2.75, 3.05) is 25.0 Å². The molecule has 3 aliphatic rings. The molecule has 0 aromatic heterocycles. The van der Waals surface area contributed by atoms with Gasteiger partial charge in [-0.2, -0.15) is 0 Å². The van der Waals surface area contributed by atoms with Crippen LogP contribution in [0.3, 0.4) is 0 Å². The fourth-order valence-corrected chi connectivity index (χ4v) is 5.10. The van der Waals surface area contributed by atoms with Gasteiger partial charge in [0.1, 0.15) is 23.6 Å². The summed E-state index contributed by atoms with van der Waals surface area (Å²) in [6.07, 6.45) is -1.28. The van der Waals surface area contributed by atoms with Crippen LogP contribution in [0.4, 0.5) is 5.69 Å². The maximum atomic E-state index is 11.5. The highest BCUT2D eigenvalue weighted by atomic mass is 16.5. The van der Waals surface area contributed by atoms with Crippen LogP contribution in [0.5, 0.6) is 5.75 Å². The Labute approximate surface area is 174 Å². The van der Waals surface area contributed by atoms with Gasteiger partial charge in [0, 0.05) is 31.2 Å². The van der Waals surface area contributed by atoms with E-state index in [4.69, 9.17) is 4.74 Å². The molecule has 1 amide bonds. The van der Waals surface area contributed by atoms with Crippen LogP contribution in [0.25, 0.3) is 0 Å². The monoisotopic (exact) mass is 410 g/mol. The van der Waals surface area contributed by atoms with Crippen molar-refractivity contribution < 1.29 is 24.9 Å². The van der Waals surface area contributed by atoms with Crippen LogP contribution < -0.4 is 10.1 Å². The summed E-state index contributed by atoms with van der Waals surface area (Å²) >= 11 is 0. The van der Waals surface area contributed by atoms with Crippen molar-refractivity contribution in [3.05, 3.63) is 59.7 Å². The van der Waals surface area contributed by atoms with Gasteiger partial charge in [0.25, 0.3) is 0 Å². The van der Waals surface area contributed by atoms with Gasteiger partial charge in [-0.05, 0) is 35.7 Å². The Morgan fingerprint density at radius 3 is 2.80 bits per heavy atom. The van der Waals surface area contributed by atoms with Crippen LogP contribution in [-0.2, 0) is 11.2 Å². The summed E-state index contributed by atoms with van der Waals surface area (Å²) in [7, 11) is 0. The number of hydrogen-bond acceptors (Lipinski definition) is 6. The lowest BCUT2D eigenvalue weighted by molar-refractivity contribution is -0.115. The number of amides is 1. The highest BCUT2D eigenvalue weighted by molar-refractivity contribution is 5.99. The normalized spacial score (nSPS) is 31.3. The Balaban J connectivity index is 1.22. The van der Waals surface area contributed by atoms with Crippen LogP contribution in [0.1, 0.15) is 23.7 Å². The number of para-hydroxylation sites is 1. The van der Waals surface area contributed by atoms with Crippen molar-refractivity contribution in [1.82, 2.24) is 4.90 Å². The molecule has 2 aliphatic heterocycles. The summed E-state index contributed by atoms with van der Waals surface area (Å²) in [5.41, 5.74) is 1.20. The lowest BCUT2D eigenvalue weighted by Crippen LogP contribution is -2.49. The third-order valence-corrected chi connectivity index (χ3v) is 6.64. The zero-order valence-electron chi connectivity index (χ0n) is 16.6. The molecule has 0 radical (unpaired) electrons. The number of aliphatic hydroxyl groups excluding tert-OH is 2. The first-order valence-electron chi connectivity index (χ1n) is 10.4. The summed E-state index contributed by atoms with van der Waals surface area (Å²) < 4.78 is 5.91. The van der Waals surface area contributed by atoms with Crippen molar-refractivity contribution in [3.63, 3.8) is 0 Å². The maximum Gasteiger partial charge on any atom is 0.228 e. The van der Waals surface area contributed by atoms with Crippen LogP contribution >= 0.6 is 0 Å². The predicted molar refractivity (Wildman–Crippen MR) is 110 cm³/mol. The summed E-state index contributed by atoms with van der Waals surface area (Å²) in [5.74, 6) is 0.532. The lowest BCUT2D eigenvalue weighted by Gasteiger charge is -2.29. The van der Waals surface area contributed by atoms with E-state index < -0.39 is 23.9 Å². The van der Waals surface area contributed by atoms with E-state index >= 15 is 0 Å². The molecule has 0 unspecified atom stereocenters. The van der Waals surface area contributed by atoms with Crippen LogP contribution in [0.2, 0.25) is 0 Å². The van der Waals surface area contributed by atoms with Gasteiger partial charge in [-0.1, -0.05) is 30.3 Å². The van der Waals surface area contributed by atoms with E-state index in [1.54, 1.807) is 0 Å². The molecule has 1 saturated heterocycles. The summed E-state index contributed by atoms with van der Waals surface area (Å²) in [4.78, 5) is 13.5. The third-order valence-electron chi connectivity index (χ3n) is 6.64. The van der Waals surface area contributed by atoms with Gasteiger partial charge in [0.05, 0.1) is 12.5 Å². The lowest BCUT2D eigenvalue weighted by atomic mass is 9.93. The van der Waals surface area contributed by atoms with Gasteiger partial charge >= 0.3 is 0 Å². The van der Waals surface area contributed by atoms with Gasteiger partial charge in [0.15, 0.2) is 0 Å². The van der Waals surface area contributed by atoms with Gasteiger partial charge in [-0.25, -0.2) is 0 Å². The molecule has 2 aromatic rings. The minimum atomic E-state index is -1.24. The number of rotatable bonds is 5. The first-order chi connectivity index (χ1) is 14.4. The molecule has 1 saturated carbocycles. The molecule has 4 N–H and O–H groups in total. The zero-order chi connectivity index (χ0) is 20.9. The van der Waals surface area contributed by atoms with Crippen molar-refractivity contribution in [2.24, 2.45) is 5.92 Å². The predicted octanol–water partition coefficient (Wildman–Crippen LogP) is 1.09. The molecular formula is C23H26N2O5. The Hall–Kier alpha value is -2.45. The fourth-order valence-electron chi connectivity index (χ4n) is 5.10. The van der Waals surface area contributed by atoms with E-state index in [9.17, 15) is 20.1 Å². The second-order valence-electron chi connectivity index (χ2n) is 8.69. The van der Waals surface area contributed by atoms with Gasteiger partial charge in [-0.3, -0.25) is 9.69 Å². The van der Waals surface area contributed by atoms with Crippen molar-refractivity contribution in [2.45, 2.75) is 36.8 Å². The zero-order valence-corrected chi connectivity index (χ0v) is 16.6. The Morgan fingerprint density at radius 2 is 2.03 bits per heavy atom. The maximum absolute atomic E-state index is 11.5. The number of carbonyl (C=O) groups excluding carboxylic acids is 1. The van der Waals surface area contributed by atoms with E-state index in [0.717, 1.165) is 16.8 Å². The van der Waals surface area contributed by atoms with Crippen molar-refractivity contribution in [1.29, 1.82) is 0 Å². The van der Waals surface area contributed by atoms with Gasteiger partial charge < -0.3 is 25.4 Å². The topological polar surface area (TPSA) is 102 Å². The minimum absolute atomic E-state index is 0.0347. The number of fused-ring (bicyclic) bond motifs is 2. The Bertz CT molecular complexity index is 952. The summed E-state index contributed by atoms with van der Waals surface area (Å²) in [5, 5.41) is 35.4. The highest BCUT2D eigenvalue weighted by Crippen LogP contribution is 2.43. The molecule has 0 spiro atoms. The molecule has 1 aliphatic carbocycles. The van der Waals surface area contributed by atoms with E-state index in [1.165, 1.54) is 0 Å². The van der Waals surface area contributed by atoms with Crippen LogP contribution in [0.15, 0.2) is 48.5 Å². The third kappa shape index (κ3) is 3.37. The number of nitrogens with zero attached hydrogens (tertiary/aromatic N) is 1. The number of β-amino-alcohol motifs (C(OH)–C–C–N with tert-alkyl or cyclic N) is 2. The molecule has 5 atom stereocenters. The molecule has 2 heterocycles. The average molecular weight is 410 g/mol. The fraction of sp³-hybridized carbons (Fsp3) is 0.435. The SMILES string of the molecule is O=C1Cc2cc([C@H](O)CN3C[C@@H]4C[C@@H](Oc5ccccc5)[C@@H](O)[C@]4(O)C3)ccc2N1. The van der Waals surface area contributed by atoms with E-state index in [-0.39, 0.29) is 18.4 Å². The smallest absolute Gasteiger partial charge is 0.228 e. The number of anilines is 1. The number of carbonyl (C=O) groups is 1. The van der Waals surface area contributed by atoms with E-state index in [0.29, 0.717) is 31.7 Å². The largest absolute Gasteiger partial charge is 0.488 e. The van der Waals surface area contributed by atoms with Gasteiger partial charge in [0.2, 0.25) is 5.91 Å². The van der Waals surface area contributed by atoms with Crippen LogP contribution in [0, 0.1) is 5.92 Å². The van der Waals surface area contributed by atoms with E-state index in [1.807, 2.05) is 53.4 Å². The number of aliphatic hydroxyl groups is 3. The second-order valence-corrected chi connectivity index (χ2v) is 8.69. The molecule has 2 fully saturated rings. The number of ether oxygens (including phenoxy) is 1. The number of likely N-dealkylation sites (tertiary alicyclic amines) is 1. The minimum Gasteiger partial charge on any atom is -0.488 e. The van der Waals surface area contributed by atoms with E-state index in [2.05, 4.69) is 5.32 Å². The molecule has 5 rings (SSSR count). The quantitative estimate of drug-likeness (QED) is 0.589. The molecule has 158 valence electrons. The van der Waals surface area contributed by atoms with Gasteiger partial charge in [-0.15, -0.1) is 0 Å². The summed E-state index contributed by atoms with van der Waals surface area (Å²) in [6.45, 7) is 1.23. The highest BCUT2D eigenvalue weighted by Gasteiger charge is 2.59. The Morgan fingerprint density at radius 1 is 1.23 bits per heavy atom. The first kappa shape index (κ1) is 19.5. The standard InChI is InChI=1S/C23H26N2O5/c26-19(14-6-7-18-15(8-14)9-21(27)24-18)12-25-11-16-10-20(22(28)23(16,29)13-25)30-17-4-2-1-3-5-17/h1-8,16,19-20,22,26,28-29H,9-13H2,(H,24,27)/t16-,19+,20+,22+,23-/m0/s1. The average Bonchev–Trinajstić information content (AvgIpc) is 3.32. The molecule has 2 aromatic carbocycles.